The summed E-state index contributed by atoms with van der Waals surface area (Å²) < 4.78 is 0. The van der Waals surface area contributed by atoms with Gasteiger partial charge in [-0.1, -0.05) is 38.5 Å². The molecule has 2 aliphatic rings. The molecule has 3 N–H and O–H groups in total. The summed E-state index contributed by atoms with van der Waals surface area (Å²) in [6.07, 6.45) is 8.93. The van der Waals surface area contributed by atoms with Crippen LogP contribution in [0, 0.1) is 5.92 Å². The highest BCUT2D eigenvalue weighted by Crippen LogP contribution is 2.29. The van der Waals surface area contributed by atoms with Crippen LogP contribution in [-0.4, -0.2) is 42.0 Å². The SMILES string of the molecule is C[C@@H]1CN[C@@H](C)CN1C(CCCC1CCCC1)C(N)=O. The monoisotopic (exact) mass is 281 g/mol. The molecule has 1 heterocycles. The normalized spacial score (nSPS) is 30.5. The Morgan fingerprint density at radius 3 is 2.70 bits per heavy atom. The molecule has 0 aromatic rings. The molecule has 3 atom stereocenters. The van der Waals surface area contributed by atoms with Crippen molar-refractivity contribution in [1.82, 2.24) is 10.2 Å². The van der Waals surface area contributed by atoms with Crippen molar-refractivity contribution in [2.75, 3.05) is 13.1 Å². The second kappa shape index (κ2) is 7.41. The average Bonchev–Trinajstić information content (AvgIpc) is 2.91. The van der Waals surface area contributed by atoms with Crippen LogP contribution in [0.3, 0.4) is 0 Å². The van der Waals surface area contributed by atoms with Gasteiger partial charge in [0.2, 0.25) is 5.91 Å². The van der Waals surface area contributed by atoms with Crippen molar-refractivity contribution in [3.63, 3.8) is 0 Å². The topological polar surface area (TPSA) is 58.4 Å². The molecule has 4 heteroatoms. The summed E-state index contributed by atoms with van der Waals surface area (Å²) in [7, 11) is 0. The summed E-state index contributed by atoms with van der Waals surface area (Å²) in [5.74, 6) is 0.764. The maximum atomic E-state index is 11.8. The molecule has 4 nitrogen and oxygen atoms in total. The number of amides is 1. The van der Waals surface area contributed by atoms with Crippen LogP contribution in [0.25, 0.3) is 0 Å². The first-order valence-corrected chi connectivity index (χ1v) is 8.36. The molecule has 1 saturated carbocycles. The van der Waals surface area contributed by atoms with Gasteiger partial charge in [-0.15, -0.1) is 0 Å². The number of piperazine rings is 1. The van der Waals surface area contributed by atoms with Crippen molar-refractivity contribution < 1.29 is 4.79 Å². The van der Waals surface area contributed by atoms with Gasteiger partial charge in [0.15, 0.2) is 0 Å². The smallest absolute Gasteiger partial charge is 0.234 e. The standard InChI is InChI=1S/C16H31N3O/c1-12-11-19(13(2)10-18-12)15(16(17)20)9-5-8-14-6-3-4-7-14/h12-15,18H,3-11H2,1-2H3,(H2,17,20)/t12-,13+,15?/m0/s1. The number of primary amides is 1. The molecular weight excluding hydrogens is 250 g/mol. The number of rotatable bonds is 6. The molecule has 1 aliphatic carbocycles. The maximum absolute atomic E-state index is 11.8. The summed E-state index contributed by atoms with van der Waals surface area (Å²) in [6, 6.07) is 0.772. The zero-order valence-electron chi connectivity index (χ0n) is 13.1. The van der Waals surface area contributed by atoms with Gasteiger partial charge in [-0.3, -0.25) is 9.69 Å². The largest absolute Gasteiger partial charge is 0.368 e. The van der Waals surface area contributed by atoms with Crippen LogP contribution in [-0.2, 0) is 4.79 Å². The van der Waals surface area contributed by atoms with Crippen LogP contribution in [0.4, 0.5) is 0 Å². The number of hydrogen-bond acceptors (Lipinski definition) is 3. The highest BCUT2D eigenvalue weighted by molar-refractivity contribution is 5.79. The van der Waals surface area contributed by atoms with Crippen molar-refractivity contribution in [2.45, 2.75) is 76.9 Å². The van der Waals surface area contributed by atoms with Gasteiger partial charge in [0.05, 0.1) is 6.04 Å². The average molecular weight is 281 g/mol. The zero-order valence-corrected chi connectivity index (χ0v) is 13.1. The third-order valence-electron chi connectivity index (χ3n) is 5.11. The first-order valence-electron chi connectivity index (χ1n) is 8.36. The first kappa shape index (κ1) is 15.8. The highest BCUT2D eigenvalue weighted by Gasteiger charge is 2.31. The van der Waals surface area contributed by atoms with E-state index in [0.717, 1.165) is 31.8 Å². The van der Waals surface area contributed by atoms with E-state index < -0.39 is 0 Å². The van der Waals surface area contributed by atoms with Gasteiger partial charge in [0, 0.05) is 25.2 Å². The molecule has 1 saturated heterocycles. The van der Waals surface area contributed by atoms with E-state index in [1.165, 1.54) is 32.1 Å². The van der Waals surface area contributed by atoms with Crippen molar-refractivity contribution in [3.05, 3.63) is 0 Å². The molecule has 0 aromatic heterocycles. The molecule has 116 valence electrons. The summed E-state index contributed by atoms with van der Waals surface area (Å²) >= 11 is 0. The van der Waals surface area contributed by atoms with Crippen LogP contribution < -0.4 is 11.1 Å². The number of nitrogens with zero attached hydrogens (tertiary/aromatic N) is 1. The number of carbonyl (C=O) groups is 1. The Hall–Kier alpha value is -0.610. The van der Waals surface area contributed by atoms with E-state index in [2.05, 4.69) is 24.1 Å². The van der Waals surface area contributed by atoms with Gasteiger partial charge >= 0.3 is 0 Å². The Balaban J connectivity index is 1.83. The summed E-state index contributed by atoms with van der Waals surface area (Å²) in [5.41, 5.74) is 5.67. The van der Waals surface area contributed by atoms with Crippen LogP contribution in [0.2, 0.25) is 0 Å². The molecule has 0 radical (unpaired) electrons. The first-order chi connectivity index (χ1) is 9.58. The number of nitrogens with one attached hydrogen (secondary N) is 1. The molecule has 20 heavy (non-hydrogen) atoms. The second-order valence-corrected chi connectivity index (χ2v) is 6.85. The minimum absolute atomic E-state index is 0.0732. The Bertz CT molecular complexity index is 315. The fourth-order valence-corrected chi connectivity index (χ4v) is 3.85. The molecule has 1 aliphatic heterocycles. The van der Waals surface area contributed by atoms with E-state index in [-0.39, 0.29) is 11.9 Å². The quantitative estimate of drug-likeness (QED) is 0.781. The number of hydrogen-bond donors (Lipinski definition) is 2. The lowest BCUT2D eigenvalue weighted by molar-refractivity contribution is -0.125. The fraction of sp³-hybridized carbons (Fsp3) is 0.938. The van der Waals surface area contributed by atoms with Crippen molar-refractivity contribution in [1.29, 1.82) is 0 Å². The third kappa shape index (κ3) is 4.19. The molecule has 2 fully saturated rings. The van der Waals surface area contributed by atoms with Crippen molar-refractivity contribution >= 4 is 5.91 Å². The molecule has 0 aromatic carbocycles. The van der Waals surface area contributed by atoms with E-state index in [4.69, 9.17) is 5.73 Å². The predicted molar refractivity (Wildman–Crippen MR) is 82.4 cm³/mol. The predicted octanol–water partition coefficient (Wildman–Crippen LogP) is 1.88. The van der Waals surface area contributed by atoms with Gasteiger partial charge < -0.3 is 11.1 Å². The van der Waals surface area contributed by atoms with Crippen LogP contribution >= 0.6 is 0 Å². The third-order valence-corrected chi connectivity index (χ3v) is 5.11. The highest BCUT2D eigenvalue weighted by atomic mass is 16.1. The Morgan fingerprint density at radius 2 is 2.05 bits per heavy atom. The number of carbonyl (C=O) groups excluding carboxylic acids is 1. The molecule has 1 unspecified atom stereocenters. The lowest BCUT2D eigenvalue weighted by Crippen LogP contribution is -2.60. The summed E-state index contributed by atoms with van der Waals surface area (Å²) in [6.45, 7) is 6.24. The van der Waals surface area contributed by atoms with Crippen LogP contribution in [0.5, 0.6) is 0 Å². The molecule has 1 amide bonds. The fourth-order valence-electron chi connectivity index (χ4n) is 3.85. The van der Waals surface area contributed by atoms with Crippen LogP contribution in [0.1, 0.15) is 58.8 Å². The minimum atomic E-state index is -0.141. The van der Waals surface area contributed by atoms with Gasteiger partial charge in [-0.2, -0.15) is 0 Å². The maximum Gasteiger partial charge on any atom is 0.234 e. The van der Waals surface area contributed by atoms with Crippen LogP contribution in [0.15, 0.2) is 0 Å². The van der Waals surface area contributed by atoms with E-state index in [0.29, 0.717) is 12.1 Å². The Morgan fingerprint density at radius 1 is 1.35 bits per heavy atom. The number of nitrogens with two attached hydrogens (primary N) is 1. The van der Waals surface area contributed by atoms with Crippen molar-refractivity contribution in [2.24, 2.45) is 11.7 Å². The molecule has 0 spiro atoms. The Labute approximate surface area is 123 Å². The lowest BCUT2D eigenvalue weighted by atomic mass is 9.96. The molecule has 0 bridgehead atoms. The second-order valence-electron chi connectivity index (χ2n) is 6.85. The van der Waals surface area contributed by atoms with E-state index in [1.54, 1.807) is 0 Å². The van der Waals surface area contributed by atoms with Crippen molar-refractivity contribution in [3.8, 4) is 0 Å². The Kier molecular flexibility index (Phi) is 5.85. The van der Waals surface area contributed by atoms with E-state index >= 15 is 0 Å². The zero-order chi connectivity index (χ0) is 14.5. The minimum Gasteiger partial charge on any atom is -0.368 e. The van der Waals surface area contributed by atoms with E-state index in [9.17, 15) is 4.79 Å². The summed E-state index contributed by atoms with van der Waals surface area (Å²) in [5, 5.41) is 3.46. The van der Waals surface area contributed by atoms with E-state index in [1.807, 2.05) is 0 Å². The lowest BCUT2D eigenvalue weighted by Gasteiger charge is -2.41. The molecule has 2 rings (SSSR count). The summed E-state index contributed by atoms with van der Waals surface area (Å²) in [4.78, 5) is 14.2. The van der Waals surface area contributed by atoms with Gasteiger partial charge in [0.1, 0.15) is 0 Å². The molecular formula is C16H31N3O. The van der Waals surface area contributed by atoms with Gasteiger partial charge in [-0.25, -0.2) is 0 Å². The van der Waals surface area contributed by atoms with Gasteiger partial charge in [0.25, 0.3) is 0 Å². The van der Waals surface area contributed by atoms with Gasteiger partial charge in [-0.05, 0) is 26.2 Å².